The van der Waals surface area contributed by atoms with Gasteiger partial charge in [0.1, 0.15) is 0 Å². The molecule has 0 amide bonds. The summed E-state index contributed by atoms with van der Waals surface area (Å²) in [6, 6.07) is 0. The fraction of sp³-hybridized carbons (Fsp3) is 0. The molecule has 0 aromatic carbocycles. The van der Waals surface area contributed by atoms with Crippen molar-refractivity contribution in [2.75, 3.05) is 0 Å². The molecule has 0 bridgehead atoms. The van der Waals surface area contributed by atoms with E-state index in [0.29, 0.717) is 0 Å². The zero-order valence-corrected chi connectivity index (χ0v) is 14.4. The van der Waals surface area contributed by atoms with Gasteiger partial charge in [-0.25, -0.2) is 0 Å². The molecule has 6 heavy (non-hydrogen) atoms. The van der Waals surface area contributed by atoms with Crippen molar-refractivity contribution in [1.29, 1.82) is 0 Å². The number of hydrogen-bond acceptors (Lipinski definition) is 0. The van der Waals surface area contributed by atoms with Crippen LogP contribution in [-0.4, -0.2) is 6.70 Å². The normalized spacial score (nSPS) is 3.50. The van der Waals surface area contributed by atoms with Gasteiger partial charge in [-0.15, -0.1) is 0 Å². The average Bonchev–Trinajstić information content (AvgIpc) is 0.918. The molecule has 0 aromatic heterocycles. The maximum Gasteiger partial charge on any atom is 0 e. The molecule has 0 spiro atoms. The topological polar surface area (TPSA) is 0 Å². The Hall–Kier alpha value is 5.13. The minimum absolute atomic E-state index is 0. The van der Waals surface area contributed by atoms with Gasteiger partial charge in [0.2, 0.25) is 0 Å². The van der Waals surface area contributed by atoms with E-state index in [1.54, 1.807) is 0 Å². The van der Waals surface area contributed by atoms with Crippen LogP contribution in [-0.2, 0) is 27.0 Å². The molecule has 37 valence electrons. The predicted octanol–water partition coefficient (Wildman–Crippen LogP) is -0.921. The fourth-order valence-corrected chi connectivity index (χ4v) is 0. The summed E-state index contributed by atoms with van der Waals surface area (Å²) in [4.78, 5) is 0. The fourth-order valence-electron chi connectivity index (χ4n) is 0. The van der Waals surface area contributed by atoms with Crippen molar-refractivity contribution in [3.05, 3.63) is 0 Å². The van der Waals surface area contributed by atoms with Gasteiger partial charge in [-0.05, 0) is 0 Å². The van der Waals surface area contributed by atoms with Crippen LogP contribution in [0.15, 0.2) is 0 Å². The van der Waals surface area contributed by atoms with E-state index in [4.69, 9.17) is 0 Å². The molecule has 0 atom stereocenters. The summed E-state index contributed by atoms with van der Waals surface area (Å²) < 4.78 is 0. The summed E-state index contributed by atoms with van der Waals surface area (Å²) in [5, 5.41) is 0. The maximum atomic E-state index is 3.45. The molecule has 0 N–H and O–H groups in total. The molecule has 0 aliphatic heterocycles. The van der Waals surface area contributed by atoms with Gasteiger partial charge >= 0.3 is 33.7 Å². The molecule has 0 aliphatic rings. The largest absolute Gasteiger partial charge is 0 e. The van der Waals surface area contributed by atoms with Crippen molar-refractivity contribution < 1.29 is 149 Å². The van der Waals surface area contributed by atoms with Gasteiger partial charge < -0.3 is 0 Å². The van der Waals surface area contributed by atoms with Crippen molar-refractivity contribution in [3.8, 4) is 0 Å². The third-order valence-corrected chi connectivity index (χ3v) is 0. The van der Waals surface area contributed by atoms with Crippen molar-refractivity contribution in [2.45, 2.75) is 0 Å². The van der Waals surface area contributed by atoms with E-state index in [0.717, 1.165) is 0 Å². The first kappa shape index (κ1) is 22.5. The molecule has 0 aromatic rings. The van der Waals surface area contributed by atoms with Crippen LogP contribution >= 0.6 is 0 Å². The molecular formula is H2BCoFeGdNdPr. The first-order valence-electron chi connectivity index (χ1n) is 0.451. The Morgan fingerprint density at radius 3 is 1.50 bits per heavy atom. The minimum atomic E-state index is 0. The van der Waals surface area contributed by atoms with Crippen molar-refractivity contribution in [1.82, 2.24) is 0 Å². The Morgan fingerprint density at radius 2 is 1.50 bits per heavy atom. The van der Waals surface area contributed by atoms with Crippen LogP contribution in [0.5, 0.6) is 0 Å². The van der Waals surface area contributed by atoms with Gasteiger partial charge in [-0.2, -0.15) is 0 Å². The van der Waals surface area contributed by atoms with Crippen LogP contribution in [0.25, 0.3) is 0 Å². The van der Waals surface area contributed by atoms with E-state index in [2.05, 4.69) is 14.2 Å². The van der Waals surface area contributed by atoms with E-state index in [-0.39, 0.29) is 122 Å². The zero-order valence-electron chi connectivity index (χ0n) is 3.12. The molecule has 0 heterocycles. The number of rotatable bonds is 0. The molecule has 0 aliphatic carbocycles. The molecule has 0 fully saturated rings. The predicted molar refractivity (Wildman–Crippen MR) is 8.54 cm³/mol. The van der Waals surface area contributed by atoms with E-state index >= 15 is 0 Å². The molecule has 1 radical (unpaired) electrons. The standard InChI is InChI=1S/BH2.Co.Fe.Gd.Nd.Pr/h1H2;;;;;/q+1;-1;;;;. The molecule has 6 heteroatoms. The second-order valence-electron chi connectivity index (χ2n) is 0.118. The molecule has 0 nitrogen and oxygen atoms in total. The number of hydrogen-bond donors (Lipinski definition) is 0. The smallest absolute Gasteiger partial charge is 0 e. The molecular weight excluding hydrogens is 568 g/mol. The molecule has 0 saturated heterocycles. The summed E-state index contributed by atoms with van der Waals surface area (Å²) in [5.41, 5.74) is 0. The van der Waals surface area contributed by atoms with Crippen LogP contribution in [0.1, 0.15) is 0 Å². The summed E-state index contributed by atoms with van der Waals surface area (Å²) in [7, 11) is 0. The Morgan fingerprint density at radius 1 is 1.50 bits per heavy atom. The monoisotopic (exact) mass is 569 g/mol. The molecule has 0 rings (SSSR count). The van der Waals surface area contributed by atoms with Crippen LogP contribution in [0.2, 0.25) is 0 Å². The summed E-state index contributed by atoms with van der Waals surface area (Å²) in [6.07, 6.45) is 0. The second kappa shape index (κ2) is 22.5. The molecule has 0 saturated carbocycles. The van der Waals surface area contributed by atoms with Crippen LogP contribution in [0, 0.1) is 122 Å². The summed E-state index contributed by atoms with van der Waals surface area (Å²) in [6.45, 7) is 1.98. The molecule has 0 unspecified atom stereocenters. The van der Waals surface area contributed by atoms with Crippen LogP contribution < -0.4 is 0 Å². The van der Waals surface area contributed by atoms with E-state index in [1.165, 1.54) is 12.7 Å². The van der Waals surface area contributed by atoms with Crippen LogP contribution in [0.3, 0.4) is 0 Å². The SMILES string of the molecule is [BH2][Co][Fe].[Gd].[Nd].[Pr]. The van der Waals surface area contributed by atoms with Gasteiger partial charge in [0.05, 0.1) is 0 Å². The van der Waals surface area contributed by atoms with Crippen molar-refractivity contribution in [3.63, 3.8) is 0 Å². The van der Waals surface area contributed by atoms with Gasteiger partial charge in [-0.1, -0.05) is 0 Å². The summed E-state index contributed by atoms with van der Waals surface area (Å²) >= 11 is 4.64. The van der Waals surface area contributed by atoms with Gasteiger partial charge in [-0.3, -0.25) is 0 Å². The van der Waals surface area contributed by atoms with Crippen LogP contribution in [0.4, 0.5) is 0 Å². The van der Waals surface area contributed by atoms with Crippen molar-refractivity contribution >= 4 is 6.70 Å². The van der Waals surface area contributed by atoms with Gasteiger partial charge in [0.15, 0.2) is 0 Å². The maximum absolute atomic E-state index is 3.45. The van der Waals surface area contributed by atoms with Crippen molar-refractivity contribution in [2.24, 2.45) is 0 Å². The quantitative estimate of drug-likeness (QED) is 0.331. The average molecular weight is 570 g/mol. The third kappa shape index (κ3) is 22.9. The first-order valence-corrected chi connectivity index (χ1v) is 3.38. The van der Waals surface area contributed by atoms with E-state index in [1.807, 2.05) is 6.70 Å². The Labute approximate surface area is 151 Å². The third-order valence-electron chi connectivity index (χ3n) is 0. The first-order chi connectivity index (χ1) is 1.41. The Balaban J connectivity index is -0.00000000667. The minimum Gasteiger partial charge on any atom is 0 e. The van der Waals surface area contributed by atoms with E-state index in [9.17, 15) is 0 Å². The second-order valence-corrected chi connectivity index (χ2v) is 2.00. The van der Waals surface area contributed by atoms with Gasteiger partial charge in [0.25, 0.3) is 0 Å². The van der Waals surface area contributed by atoms with Gasteiger partial charge in [0, 0.05) is 122 Å². The Bertz CT molecular complexity index is 15.5. The van der Waals surface area contributed by atoms with E-state index < -0.39 is 0 Å². The summed E-state index contributed by atoms with van der Waals surface area (Å²) in [5.74, 6) is 0. The Kier molecular flexibility index (Phi) is 84.1. The zero-order chi connectivity index (χ0) is 2.71.